The standard InChI is InChI=1S/C72H42N12O4/c85-65-37-5-1-9-41(65)69-77-53-21-17-35-18-22-54-62(59(35)61(53)81-69)82-70(78-54)42-10-2-6-38(66(42)86)46-26-30-50(74-46)57(49-29-25-45(37)73-49)33-13-15-34(16-14-33)58-51-31-27-47(75-51)39-7-3-11-43(67(39)87)71-79-55-23-19-36-20-24-56-64(60(36)63(55)83-71)84-72(80-56)44-12-4-8-40(68(44)88)48-28-32-52(58)76-48/h1-32,73,75,85-88H,(H,77,81)(H,78,82)(H,79,83)(H,80,84). The molecule has 2 aliphatic heterocycles. The lowest BCUT2D eigenvalue weighted by Crippen LogP contribution is -1.89. The summed E-state index contributed by atoms with van der Waals surface area (Å²) in [6.45, 7) is 0. The van der Waals surface area contributed by atoms with Gasteiger partial charge in [-0.2, -0.15) is 0 Å². The van der Waals surface area contributed by atoms with Crippen LogP contribution in [0.1, 0.15) is 22.8 Å². The Balaban J connectivity index is 0.854. The number of aromatic nitrogens is 12. The van der Waals surface area contributed by atoms with Gasteiger partial charge in [0.25, 0.3) is 0 Å². The van der Waals surface area contributed by atoms with Gasteiger partial charge >= 0.3 is 0 Å². The van der Waals surface area contributed by atoms with Gasteiger partial charge in [-0.1, -0.05) is 72.8 Å². The van der Waals surface area contributed by atoms with Gasteiger partial charge in [0.2, 0.25) is 0 Å². The first-order valence-electron chi connectivity index (χ1n) is 28.7. The molecule has 10 N–H and O–H groups in total. The van der Waals surface area contributed by atoms with Crippen molar-refractivity contribution in [2.75, 3.05) is 0 Å². The molecule has 0 unspecified atom stereocenters. The van der Waals surface area contributed by atoms with Gasteiger partial charge in [0, 0.05) is 65.5 Å². The Morgan fingerprint density at radius 1 is 0.239 bits per heavy atom. The van der Waals surface area contributed by atoms with Crippen LogP contribution in [0.5, 0.6) is 23.0 Å². The van der Waals surface area contributed by atoms with E-state index in [9.17, 15) is 20.4 Å². The maximum Gasteiger partial charge on any atom is 0.142 e. The quantitative estimate of drug-likeness (QED) is 0.0783. The summed E-state index contributed by atoms with van der Waals surface area (Å²) in [7, 11) is 0. The fraction of sp³-hybridized carbons (Fsp3) is 0. The number of phenols is 4. The topological polar surface area (TPSA) is 253 Å². The van der Waals surface area contributed by atoms with Gasteiger partial charge in [-0.3, -0.25) is 0 Å². The Hall–Kier alpha value is -12.6. The van der Waals surface area contributed by atoms with Crippen LogP contribution in [0.3, 0.4) is 0 Å². The molecule has 0 saturated carbocycles. The summed E-state index contributed by atoms with van der Waals surface area (Å²) in [5.74, 6) is 0.159. The summed E-state index contributed by atoms with van der Waals surface area (Å²) in [4.78, 5) is 52.3. The smallest absolute Gasteiger partial charge is 0.142 e. The highest BCUT2D eigenvalue weighted by atomic mass is 16.3. The third-order valence-electron chi connectivity index (χ3n) is 17.6. The van der Waals surface area contributed by atoms with Gasteiger partial charge in [0.15, 0.2) is 0 Å². The van der Waals surface area contributed by atoms with Crippen molar-refractivity contribution in [1.82, 2.24) is 59.8 Å². The van der Waals surface area contributed by atoms with Crippen LogP contribution >= 0.6 is 0 Å². The summed E-state index contributed by atoms with van der Waals surface area (Å²) in [5.41, 5.74) is 16.2. The van der Waals surface area contributed by atoms with Gasteiger partial charge in [0.1, 0.15) is 45.6 Å². The molecule has 414 valence electrons. The van der Waals surface area contributed by atoms with E-state index >= 15 is 0 Å². The molecule has 8 aromatic heterocycles. The van der Waals surface area contributed by atoms with E-state index in [4.69, 9.17) is 29.9 Å². The van der Waals surface area contributed by atoms with Gasteiger partial charge in [-0.05, 0) is 143 Å². The van der Waals surface area contributed by atoms with Crippen LogP contribution in [0.25, 0.3) is 200 Å². The molecule has 0 fully saturated rings. The molecule has 19 rings (SSSR count). The Morgan fingerprint density at radius 2 is 0.523 bits per heavy atom. The second-order valence-electron chi connectivity index (χ2n) is 22.5. The number of imidazole rings is 4. The zero-order valence-electron chi connectivity index (χ0n) is 45.9. The molecule has 0 spiro atoms. The van der Waals surface area contributed by atoms with Crippen LogP contribution in [0, 0.1) is 0 Å². The lowest BCUT2D eigenvalue weighted by molar-refractivity contribution is 0.486. The molecule has 16 nitrogen and oxygen atoms in total. The number of hydrogen-bond donors (Lipinski definition) is 10. The zero-order chi connectivity index (χ0) is 58.2. The van der Waals surface area contributed by atoms with E-state index in [0.717, 1.165) is 76.9 Å². The predicted molar refractivity (Wildman–Crippen MR) is 353 cm³/mol. The molecule has 2 aliphatic rings. The molecule has 24 bridgehead atoms. The first-order valence-corrected chi connectivity index (χ1v) is 28.7. The number of hydrogen-bond acceptors (Lipinski definition) is 10. The minimum atomic E-state index is 0.0281. The Morgan fingerprint density at radius 3 is 0.875 bits per heavy atom. The number of nitrogens with zero attached hydrogens (tertiary/aromatic N) is 6. The van der Waals surface area contributed by atoms with Gasteiger partial charge < -0.3 is 50.3 Å². The number of rotatable bonds is 2. The number of phenolic OH excluding ortho intramolecular Hbond substituents is 4. The van der Waals surface area contributed by atoms with Crippen molar-refractivity contribution in [2.45, 2.75) is 0 Å². The first-order chi connectivity index (χ1) is 43.2. The molecule has 0 aliphatic carbocycles. The lowest BCUT2D eigenvalue weighted by Gasteiger charge is -2.08. The summed E-state index contributed by atoms with van der Waals surface area (Å²) >= 11 is 0. The molecular formula is C72H42N12O4. The van der Waals surface area contributed by atoms with Gasteiger partial charge in [-0.25, -0.2) is 29.9 Å². The molecule has 9 aromatic carbocycles. The molecule has 0 amide bonds. The van der Waals surface area contributed by atoms with Crippen LogP contribution in [0.15, 0.2) is 170 Å². The maximum absolute atomic E-state index is 12.2. The van der Waals surface area contributed by atoms with Crippen molar-refractivity contribution in [2.24, 2.45) is 0 Å². The van der Waals surface area contributed by atoms with E-state index in [2.05, 4.69) is 29.9 Å². The van der Waals surface area contributed by atoms with Crippen molar-refractivity contribution in [3.05, 3.63) is 193 Å². The van der Waals surface area contributed by atoms with Crippen LogP contribution in [-0.2, 0) is 0 Å². The molecule has 10 heterocycles. The van der Waals surface area contributed by atoms with E-state index in [1.807, 2.05) is 194 Å². The highest BCUT2D eigenvalue weighted by molar-refractivity contribution is 6.20. The Bertz CT molecular complexity index is 5990. The zero-order valence-corrected chi connectivity index (χ0v) is 45.9. The number of benzene rings is 9. The van der Waals surface area contributed by atoms with Gasteiger partial charge in [0.05, 0.1) is 88.5 Å². The molecule has 0 atom stereocenters. The van der Waals surface area contributed by atoms with E-state index < -0.39 is 0 Å². The second-order valence-corrected chi connectivity index (χ2v) is 22.5. The normalized spacial score (nSPS) is 12.6. The van der Waals surface area contributed by atoms with Crippen LogP contribution in [0.2, 0.25) is 0 Å². The van der Waals surface area contributed by atoms with Crippen molar-refractivity contribution in [1.29, 1.82) is 0 Å². The number of aromatic hydroxyl groups is 4. The van der Waals surface area contributed by atoms with E-state index in [0.29, 0.717) is 122 Å². The number of para-hydroxylation sites is 4. The fourth-order valence-corrected chi connectivity index (χ4v) is 13.4. The van der Waals surface area contributed by atoms with Crippen molar-refractivity contribution in [3.63, 3.8) is 0 Å². The maximum atomic E-state index is 12.2. The number of fused-ring (bicyclic) bond motifs is 28. The van der Waals surface area contributed by atoms with Crippen molar-refractivity contribution < 1.29 is 20.4 Å². The third kappa shape index (κ3) is 6.84. The summed E-state index contributed by atoms with van der Waals surface area (Å²) in [5, 5.41) is 56.8. The summed E-state index contributed by atoms with van der Waals surface area (Å²) in [6.07, 6.45) is 7.72. The average Bonchev–Trinajstić information content (AvgIpc) is 4.48. The summed E-state index contributed by atoms with van der Waals surface area (Å²) in [6, 6.07) is 54.6. The minimum Gasteiger partial charge on any atom is -0.506 e. The summed E-state index contributed by atoms with van der Waals surface area (Å²) < 4.78 is 0. The fourth-order valence-electron chi connectivity index (χ4n) is 13.4. The minimum absolute atomic E-state index is 0.0281. The Kier molecular flexibility index (Phi) is 9.52. The molecule has 0 radical (unpaired) electrons. The average molecular weight is 1140 g/mol. The van der Waals surface area contributed by atoms with E-state index in [1.165, 1.54) is 0 Å². The molecule has 17 aromatic rings. The van der Waals surface area contributed by atoms with Gasteiger partial charge in [-0.15, -0.1) is 0 Å². The molecule has 88 heavy (non-hydrogen) atoms. The molecular weight excluding hydrogens is 1100 g/mol. The monoisotopic (exact) mass is 1140 g/mol. The predicted octanol–water partition coefficient (Wildman–Crippen LogP) is 16.7. The van der Waals surface area contributed by atoms with Crippen molar-refractivity contribution >= 4 is 178 Å². The second kappa shape index (κ2) is 17.5. The highest BCUT2D eigenvalue weighted by Crippen LogP contribution is 2.42. The largest absolute Gasteiger partial charge is 0.506 e. The first kappa shape index (κ1) is 47.9. The molecule has 0 saturated heterocycles. The number of aromatic amines is 6. The van der Waals surface area contributed by atoms with Crippen LogP contribution < -0.4 is 0 Å². The van der Waals surface area contributed by atoms with Crippen LogP contribution in [0.4, 0.5) is 0 Å². The highest BCUT2D eigenvalue weighted by Gasteiger charge is 2.21. The van der Waals surface area contributed by atoms with E-state index in [1.54, 1.807) is 0 Å². The number of nitrogens with one attached hydrogen (secondary N) is 6. The third-order valence-corrected chi connectivity index (χ3v) is 17.6. The van der Waals surface area contributed by atoms with Crippen LogP contribution in [-0.4, -0.2) is 80.2 Å². The molecule has 16 heteroatoms. The van der Waals surface area contributed by atoms with E-state index in [-0.39, 0.29) is 23.0 Å². The van der Waals surface area contributed by atoms with Crippen molar-refractivity contribution in [3.8, 4) is 45.3 Å². The Labute approximate surface area is 493 Å². The SMILES string of the molecule is Oc1c2cccc1c1nc3c(ccc4ccc5[nH]c(nc5c43)c3cccc(c3O)c3ccc([nH]3)c(-c3ccc(-c4c5nc(c6cccc(c6O)c6nc7c(ccc8ccc9[nH]c(nc9c87)c7cccc(c7O)c7ccc4[nH]7)[nH]6)C=C5)cc3)c3nc2C=C3)[nH]1. The number of H-pyrrole nitrogens is 6. The lowest BCUT2D eigenvalue weighted by atomic mass is 9.98.